The molecule has 1 atom stereocenters. The third-order valence-electron chi connectivity index (χ3n) is 3.07. The summed E-state index contributed by atoms with van der Waals surface area (Å²) in [4.78, 5) is 11.7. The second kappa shape index (κ2) is 8.47. The molecule has 2 amide bonds. The van der Waals surface area contributed by atoms with Crippen LogP contribution in [0.3, 0.4) is 0 Å². The molecule has 1 rings (SSSR count). The molecular formula is C17H26N2O2. The standard InChI is InChI=1S/C17H26N2O2/c1-14(20)12-17(2,3)13-19-16(21)18-11-7-10-15-8-5-4-6-9-15/h4-10,14,20H,11-13H2,1-3H3,(H2,18,19,21)/b10-7+. The highest BCUT2D eigenvalue weighted by atomic mass is 16.3. The zero-order valence-corrected chi connectivity index (χ0v) is 13.1. The van der Waals surface area contributed by atoms with Crippen molar-refractivity contribution in [2.75, 3.05) is 13.1 Å². The summed E-state index contributed by atoms with van der Waals surface area (Å²) in [6.07, 6.45) is 4.17. The molecule has 4 heteroatoms. The number of rotatable bonds is 7. The minimum absolute atomic E-state index is 0.120. The number of hydrogen-bond donors (Lipinski definition) is 3. The number of aliphatic hydroxyl groups excluding tert-OH is 1. The summed E-state index contributed by atoms with van der Waals surface area (Å²) in [5.41, 5.74) is 0.989. The molecule has 0 heterocycles. The molecule has 0 aliphatic carbocycles. The number of nitrogens with one attached hydrogen (secondary N) is 2. The van der Waals surface area contributed by atoms with Gasteiger partial charge in [-0.25, -0.2) is 4.79 Å². The van der Waals surface area contributed by atoms with Crippen molar-refractivity contribution >= 4 is 12.1 Å². The maximum atomic E-state index is 11.7. The predicted molar refractivity (Wildman–Crippen MR) is 87.0 cm³/mol. The molecule has 0 saturated carbocycles. The van der Waals surface area contributed by atoms with E-state index in [1.165, 1.54) is 0 Å². The second-order valence-electron chi connectivity index (χ2n) is 6.09. The quantitative estimate of drug-likeness (QED) is 0.723. The Morgan fingerprint density at radius 3 is 2.57 bits per heavy atom. The number of aliphatic hydroxyl groups is 1. The molecule has 1 unspecified atom stereocenters. The zero-order chi connectivity index (χ0) is 15.7. The Hall–Kier alpha value is -1.81. The van der Waals surface area contributed by atoms with Crippen molar-refractivity contribution in [3.05, 3.63) is 42.0 Å². The van der Waals surface area contributed by atoms with Crippen LogP contribution < -0.4 is 10.6 Å². The molecule has 0 saturated heterocycles. The van der Waals surface area contributed by atoms with E-state index in [0.717, 1.165) is 5.56 Å². The first-order chi connectivity index (χ1) is 9.89. The number of hydrogen-bond acceptors (Lipinski definition) is 2. The van der Waals surface area contributed by atoms with Crippen LogP contribution in [0.2, 0.25) is 0 Å². The first-order valence-corrected chi connectivity index (χ1v) is 7.30. The van der Waals surface area contributed by atoms with Crippen LogP contribution in [0.1, 0.15) is 32.8 Å². The summed E-state index contributed by atoms with van der Waals surface area (Å²) in [5, 5.41) is 15.0. The van der Waals surface area contributed by atoms with E-state index in [4.69, 9.17) is 0 Å². The van der Waals surface area contributed by atoms with Gasteiger partial charge in [-0.05, 0) is 24.3 Å². The first-order valence-electron chi connectivity index (χ1n) is 7.30. The summed E-state index contributed by atoms with van der Waals surface area (Å²) >= 11 is 0. The van der Waals surface area contributed by atoms with Crippen LogP contribution in [-0.2, 0) is 0 Å². The van der Waals surface area contributed by atoms with E-state index in [9.17, 15) is 9.90 Å². The second-order valence-corrected chi connectivity index (χ2v) is 6.09. The van der Waals surface area contributed by atoms with Gasteiger partial charge in [0.25, 0.3) is 0 Å². The minimum Gasteiger partial charge on any atom is -0.393 e. The summed E-state index contributed by atoms with van der Waals surface area (Å²) in [7, 11) is 0. The first kappa shape index (κ1) is 17.2. The van der Waals surface area contributed by atoms with E-state index in [1.807, 2.05) is 56.3 Å². The number of urea groups is 1. The fourth-order valence-corrected chi connectivity index (χ4v) is 2.16. The Kier molecular flexibility index (Phi) is 6.96. The topological polar surface area (TPSA) is 61.4 Å². The fourth-order valence-electron chi connectivity index (χ4n) is 2.16. The number of amides is 2. The molecule has 3 N–H and O–H groups in total. The van der Waals surface area contributed by atoms with Crippen LogP contribution in [-0.4, -0.2) is 30.3 Å². The van der Waals surface area contributed by atoms with Gasteiger partial charge in [-0.3, -0.25) is 0 Å². The highest BCUT2D eigenvalue weighted by Crippen LogP contribution is 2.20. The summed E-state index contributed by atoms with van der Waals surface area (Å²) < 4.78 is 0. The van der Waals surface area contributed by atoms with Gasteiger partial charge in [0.2, 0.25) is 0 Å². The molecule has 0 aliphatic rings. The maximum absolute atomic E-state index is 11.7. The molecule has 1 aromatic carbocycles. The van der Waals surface area contributed by atoms with Crippen molar-refractivity contribution in [1.82, 2.24) is 10.6 Å². The van der Waals surface area contributed by atoms with Gasteiger partial charge in [0.15, 0.2) is 0 Å². The lowest BCUT2D eigenvalue weighted by Crippen LogP contribution is -2.41. The Bertz CT molecular complexity index is 453. The fraction of sp³-hybridized carbons (Fsp3) is 0.471. The van der Waals surface area contributed by atoms with Gasteiger partial charge in [-0.15, -0.1) is 0 Å². The SMILES string of the molecule is CC(O)CC(C)(C)CNC(=O)NC/C=C/c1ccccc1. The van der Waals surface area contributed by atoms with E-state index < -0.39 is 0 Å². The number of carbonyl (C=O) groups is 1. The average molecular weight is 290 g/mol. The van der Waals surface area contributed by atoms with Crippen molar-refractivity contribution < 1.29 is 9.90 Å². The molecule has 116 valence electrons. The molecule has 0 bridgehead atoms. The van der Waals surface area contributed by atoms with E-state index in [1.54, 1.807) is 6.92 Å². The van der Waals surface area contributed by atoms with E-state index in [0.29, 0.717) is 19.5 Å². The Morgan fingerprint density at radius 1 is 1.29 bits per heavy atom. The van der Waals surface area contributed by atoms with Crippen molar-refractivity contribution in [3.8, 4) is 0 Å². The average Bonchev–Trinajstić information content (AvgIpc) is 2.41. The molecule has 0 fully saturated rings. The van der Waals surface area contributed by atoms with E-state index >= 15 is 0 Å². The molecule has 0 aliphatic heterocycles. The maximum Gasteiger partial charge on any atom is 0.315 e. The molecule has 21 heavy (non-hydrogen) atoms. The van der Waals surface area contributed by atoms with Gasteiger partial charge >= 0.3 is 6.03 Å². The van der Waals surface area contributed by atoms with Gasteiger partial charge in [0, 0.05) is 13.1 Å². The van der Waals surface area contributed by atoms with Crippen LogP contribution in [0.15, 0.2) is 36.4 Å². The van der Waals surface area contributed by atoms with Gasteiger partial charge in [-0.2, -0.15) is 0 Å². The monoisotopic (exact) mass is 290 g/mol. The Labute approximate surface area is 127 Å². The smallest absolute Gasteiger partial charge is 0.315 e. The van der Waals surface area contributed by atoms with Crippen LogP contribution in [0.25, 0.3) is 6.08 Å². The van der Waals surface area contributed by atoms with Crippen molar-refractivity contribution in [2.45, 2.75) is 33.3 Å². The van der Waals surface area contributed by atoms with E-state index in [2.05, 4.69) is 10.6 Å². The van der Waals surface area contributed by atoms with Crippen LogP contribution in [0.5, 0.6) is 0 Å². The molecule has 0 aromatic heterocycles. The molecule has 0 spiro atoms. The number of benzene rings is 1. The lowest BCUT2D eigenvalue weighted by molar-refractivity contribution is 0.129. The van der Waals surface area contributed by atoms with Crippen LogP contribution >= 0.6 is 0 Å². The summed E-state index contributed by atoms with van der Waals surface area (Å²) in [5.74, 6) is 0. The third kappa shape index (κ3) is 8.15. The normalized spacial score (nSPS) is 13.1. The Morgan fingerprint density at radius 2 is 1.95 bits per heavy atom. The number of carbonyl (C=O) groups excluding carboxylic acids is 1. The van der Waals surface area contributed by atoms with Gasteiger partial charge < -0.3 is 15.7 Å². The van der Waals surface area contributed by atoms with Crippen molar-refractivity contribution in [1.29, 1.82) is 0 Å². The lowest BCUT2D eigenvalue weighted by Gasteiger charge is -2.26. The van der Waals surface area contributed by atoms with Gasteiger partial charge in [0.1, 0.15) is 0 Å². The lowest BCUT2D eigenvalue weighted by atomic mass is 9.87. The highest BCUT2D eigenvalue weighted by molar-refractivity contribution is 5.74. The van der Waals surface area contributed by atoms with E-state index in [-0.39, 0.29) is 17.6 Å². The minimum atomic E-state index is -0.362. The molecule has 0 radical (unpaired) electrons. The molecule has 4 nitrogen and oxygen atoms in total. The predicted octanol–water partition coefficient (Wildman–Crippen LogP) is 2.80. The van der Waals surface area contributed by atoms with Gasteiger partial charge in [0.05, 0.1) is 6.10 Å². The van der Waals surface area contributed by atoms with Crippen molar-refractivity contribution in [3.63, 3.8) is 0 Å². The third-order valence-corrected chi connectivity index (χ3v) is 3.07. The zero-order valence-electron chi connectivity index (χ0n) is 13.1. The van der Waals surface area contributed by atoms with Crippen LogP contribution in [0, 0.1) is 5.41 Å². The Balaban J connectivity index is 2.24. The van der Waals surface area contributed by atoms with Crippen LogP contribution in [0.4, 0.5) is 4.79 Å². The molecular weight excluding hydrogens is 264 g/mol. The highest BCUT2D eigenvalue weighted by Gasteiger charge is 2.20. The van der Waals surface area contributed by atoms with Gasteiger partial charge in [-0.1, -0.05) is 56.3 Å². The summed E-state index contributed by atoms with van der Waals surface area (Å²) in [6, 6.07) is 9.75. The summed E-state index contributed by atoms with van der Waals surface area (Å²) in [6.45, 7) is 6.82. The largest absolute Gasteiger partial charge is 0.393 e. The van der Waals surface area contributed by atoms with Crippen molar-refractivity contribution in [2.24, 2.45) is 5.41 Å². The molecule has 1 aromatic rings.